The third-order valence-electron chi connectivity index (χ3n) is 12.5. The number of anilines is 2. The summed E-state index contributed by atoms with van der Waals surface area (Å²) in [5.41, 5.74) is -1.51. The third-order valence-corrected chi connectivity index (χ3v) is 22.0. The van der Waals surface area contributed by atoms with Gasteiger partial charge in [-0.3, -0.25) is 14.3 Å². The van der Waals surface area contributed by atoms with Crippen molar-refractivity contribution in [2.75, 3.05) is 22.9 Å². The SMILES string of the molecule is COCN(c1cc(Cl)ccc1C(=O)c1ccnc2c1ccn2[Si](C)(C)C(C)(C)C)S(=O)(=O)c1ccc(Cl)c(C(F)(F)F)c1.O.O=C(c1ccc(Cl)cc1NS(=O)(=O)c1ccc(Cl)c(C(F)(F)F)c1)c1ccnc2[nH]ccc12. The van der Waals surface area contributed by atoms with E-state index >= 15 is 0 Å². The molecule has 0 saturated carbocycles. The molecule has 4 aromatic heterocycles. The van der Waals surface area contributed by atoms with Crippen LogP contribution in [0, 0.1) is 0 Å². The summed E-state index contributed by atoms with van der Waals surface area (Å²) in [6.45, 7) is 10.2. The van der Waals surface area contributed by atoms with Crippen LogP contribution in [0.4, 0.5) is 37.7 Å². The number of alkyl halides is 6. The Kier molecular flexibility index (Phi) is 17.5. The number of benzene rings is 4. The molecule has 0 bridgehead atoms. The van der Waals surface area contributed by atoms with Crippen molar-refractivity contribution in [1.29, 1.82) is 0 Å². The zero-order chi connectivity index (χ0) is 56.1. The third kappa shape index (κ3) is 12.3. The van der Waals surface area contributed by atoms with Crippen LogP contribution in [0.25, 0.3) is 22.1 Å². The van der Waals surface area contributed by atoms with Crippen LogP contribution in [-0.4, -0.2) is 75.1 Å². The predicted octanol–water partition coefficient (Wildman–Crippen LogP) is 13.3. The number of nitrogens with zero attached hydrogens (tertiary/aromatic N) is 4. The maximum absolute atomic E-state index is 14.2. The van der Waals surface area contributed by atoms with Gasteiger partial charge in [0.25, 0.3) is 20.0 Å². The van der Waals surface area contributed by atoms with E-state index < -0.39 is 89.9 Å². The minimum atomic E-state index is -4.90. The molecule has 0 aliphatic rings. The number of hydrogen-bond acceptors (Lipinski definition) is 9. The number of carbonyl (C=O) groups excluding carboxylic acids is 2. The molecule has 0 unspecified atom stereocenters. The van der Waals surface area contributed by atoms with E-state index in [1.54, 1.807) is 18.3 Å². The van der Waals surface area contributed by atoms with Crippen molar-refractivity contribution in [3.05, 3.63) is 175 Å². The average molecular weight is 1200 g/mol. The second-order valence-electron chi connectivity index (χ2n) is 18.4. The van der Waals surface area contributed by atoms with Gasteiger partial charge in [0.05, 0.1) is 42.3 Å². The first-order valence-electron chi connectivity index (χ1n) is 22.1. The lowest BCUT2D eigenvalue weighted by molar-refractivity contribution is -0.138. The molecule has 0 radical (unpaired) electrons. The van der Waals surface area contributed by atoms with Gasteiger partial charge in [0.2, 0.25) is 0 Å². The normalized spacial score (nSPS) is 12.5. The summed E-state index contributed by atoms with van der Waals surface area (Å²) >= 11 is 23.6. The Morgan fingerprint density at radius 1 is 0.688 bits per heavy atom. The van der Waals surface area contributed by atoms with E-state index in [0.29, 0.717) is 38.5 Å². The molecule has 4 aromatic carbocycles. The van der Waals surface area contributed by atoms with Crippen LogP contribution in [0.15, 0.2) is 132 Å². The second kappa shape index (κ2) is 22.4. The lowest BCUT2D eigenvalue weighted by Crippen LogP contribution is -2.45. The van der Waals surface area contributed by atoms with Crippen molar-refractivity contribution in [1.82, 2.24) is 19.2 Å². The Labute approximate surface area is 458 Å². The number of sulfonamides is 2. The quantitative estimate of drug-likeness (QED) is 0.0487. The van der Waals surface area contributed by atoms with Gasteiger partial charge in [0, 0.05) is 68.8 Å². The molecule has 0 aliphatic carbocycles. The lowest BCUT2D eigenvalue weighted by atomic mass is 10.00. The van der Waals surface area contributed by atoms with Gasteiger partial charge in [0.15, 0.2) is 19.8 Å². The second-order valence-corrected chi connectivity index (χ2v) is 28.7. The first-order chi connectivity index (χ1) is 35.3. The average Bonchev–Trinajstić information content (AvgIpc) is 4.02. The summed E-state index contributed by atoms with van der Waals surface area (Å²) in [5, 5.41) is -0.0440. The van der Waals surface area contributed by atoms with Crippen LogP contribution in [0.5, 0.6) is 0 Å². The first kappa shape index (κ1) is 60.2. The first-order valence-corrected chi connectivity index (χ1v) is 29.5. The summed E-state index contributed by atoms with van der Waals surface area (Å²) < 4.78 is 144. The van der Waals surface area contributed by atoms with Crippen LogP contribution in [0.2, 0.25) is 38.2 Å². The monoisotopic (exact) mass is 1200 g/mol. The smallest absolute Gasteiger partial charge is 0.412 e. The Morgan fingerprint density at radius 3 is 1.81 bits per heavy atom. The maximum Gasteiger partial charge on any atom is 0.417 e. The van der Waals surface area contributed by atoms with Crippen LogP contribution < -0.4 is 9.03 Å². The molecule has 8 rings (SSSR count). The van der Waals surface area contributed by atoms with Crippen molar-refractivity contribution in [2.24, 2.45) is 0 Å². The highest BCUT2D eigenvalue weighted by molar-refractivity contribution is 7.93. The van der Waals surface area contributed by atoms with Crippen molar-refractivity contribution in [3.63, 3.8) is 0 Å². The predicted molar refractivity (Wildman–Crippen MR) is 287 cm³/mol. The number of aromatic nitrogens is 4. The summed E-state index contributed by atoms with van der Waals surface area (Å²) in [6.07, 6.45) is -3.32. The summed E-state index contributed by atoms with van der Waals surface area (Å²) in [7, 11) is -10.2. The molecule has 0 amide bonds. The van der Waals surface area contributed by atoms with Gasteiger partial charge in [-0.05, 0) is 108 Å². The molecule has 0 atom stereocenters. The maximum atomic E-state index is 14.2. The molecule has 0 aliphatic heterocycles. The van der Waals surface area contributed by atoms with E-state index in [-0.39, 0.29) is 54.2 Å². The molecule has 0 saturated heterocycles. The van der Waals surface area contributed by atoms with Crippen molar-refractivity contribution >= 4 is 120 Å². The number of nitrogens with one attached hydrogen (secondary N) is 2. The van der Waals surface area contributed by atoms with Crippen molar-refractivity contribution < 1.29 is 63.0 Å². The molecule has 14 nitrogen and oxygen atoms in total. The number of H-pyrrole nitrogens is 1. The van der Waals surface area contributed by atoms with Crippen LogP contribution in [0.3, 0.4) is 0 Å². The van der Waals surface area contributed by atoms with E-state index in [0.717, 1.165) is 24.3 Å². The van der Waals surface area contributed by atoms with Crippen LogP contribution >= 0.6 is 46.4 Å². The van der Waals surface area contributed by atoms with E-state index in [9.17, 15) is 52.8 Å². The molecule has 0 spiro atoms. The molecular weight excluding hydrogens is 1160 g/mol. The number of pyridine rings is 2. The standard InChI is InChI=1S/C29H30Cl2F3N3O4SSi.C21H12Cl2F3N3O3S.H2O/c1-28(2,3)43(5,6)37-14-12-21-20(11-13-35-27(21)37)26(38)22-9-7-18(30)15-25(22)36(17-41-4)42(39,40)19-8-10-24(31)23(16-19)29(32,33)34;22-11-1-3-15(19(30)13-5-7-27-20-14(13)6-8-28-20)18(9-11)29-33(31,32)12-2-4-17(23)16(10-12)21(24,25)26;/h7-16H,17H2,1-6H3;1-10,29H,(H,27,28);1H2. The zero-order valence-corrected chi connectivity index (χ0v) is 46.7. The van der Waals surface area contributed by atoms with Crippen LogP contribution in [0.1, 0.15) is 63.7 Å². The van der Waals surface area contributed by atoms with Gasteiger partial charge in [0.1, 0.15) is 18.0 Å². The lowest BCUT2D eigenvalue weighted by Gasteiger charge is -2.38. The van der Waals surface area contributed by atoms with Gasteiger partial charge in [-0.15, -0.1) is 0 Å². The molecule has 0 fully saturated rings. The number of fused-ring (bicyclic) bond motifs is 2. The molecule has 8 aromatic rings. The van der Waals surface area contributed by atoms with E-state index in [1.807, 2.05) is 12.3 Å². The molecule has 408 valence electrons. The number of carbonyl (C=O) groups is 2. The molecular formula is C50H44Cl4F6N6O8S2Si. The summed E-state index contributed by atoms with van der Waals surface area (Å²) in [5.74, 6) is -1.07. The Bertz CT molecular complexity index is 3820. The van der Waals surface area contributed by atoms with Crippen molar-refractivity contribution in [2.45, 2.75) is 61.0 Å². The fraction of sp³-hybridized carbons (Fsp3) is 0.200. The minimum Gasteiger partial charge on any atom is -0.412 e. The van der Waals surface area contributed by atoms with Gasteiger partial charge in [-0.2, -0.15) is 26.3 Å². The highest BCUT2D eigenvalue weighted by Crippen LogP contribution is 2.42. The number of hydrogen-bond donors (Lipinski definition) is 2. The number of methoxy groups -OCH3 is 1. The minimum absolute atomic E-state index is 0. The number of aromatic amines is 1. The highest BCUT2D eigenvalue weighted by Gasteiger charge is 2.40. The Morgan fingerprint density at radius 2 is 1.22 bits per heavy atom. The number of ether oxygens (including phenoxy) is 1. The Hall–Kier alpha value is -6.02. The van der Waals surface area contributed by atoms with Crippen molar-refractivity contribution in [3.8, 4) is 0 Å². The Balaban J connectivity index is 0.000000254. The largest absolute Gasteiger partial charge is 0.417 e. The molecule has 4 heterocycles. The van der Waals surface area contributed by atoms with Gasteiger partial charge in [-0.1, -0.05) is 80.3 Å². The van der Waals surface area contributed by atoms with Gasteiger partial charge in [-0.25, -0.2) is 31.1 Å². The van der Waals surface area contributed by atoms with Gasteiger partial charge < -0.3 is 19.4 Å². The highest BCUT2D eigenvalue weighted by atomic mass is 35.5. The fourth-order valence-corrected chi connectivity index (χ4v) is 12.9. The fourth-order valence-electron chi connectivity index (χ4n) is 7.69. The van der Waals surface area contributed by atoms with E-state index in [1.165, 1.54) is 62.0 Å². The van der Waals surface area contributed by atoms with E-state index in [2.05, 4.69) is 57.8 Å². The number of rotatable bonds is 13. The summed E-state index contributed by atoms with van der Waals surface area (Å²) in [6, 6.07) is 18.9. The number of halogens is 10. The van der Waals surface area contributed by atoms with Crippen LogP contribution in [-0.2, 0) is 37.1 Å². The zero-order valence-electron chi connectivity index (χ0n) is 41.0. The topological polar surface area (TPSA) is 205 Å². The van der Waals surface area contributed by atoms with Gasteiger partial charge >= 0.3 is 12.4 Å². The molecule has 77 heavy (non-hydrogen) atoms. The molecule has 4 N–H and O–H groups in total. The number of ketones is 2. The van der Waals surface area contributed by atoms with E-state index in [4.69, 9.17) is 51.1 Å². The summed E-state index contributed by atoms with van der Waals surface area (Å²) in [4.78, 5) is 37.6. The molecule has 27 heteroatoms.